The molecule has 0 atom stereocenters. The van der Waals surface area contributed by atoms with Crippen molar-refractivity contribution in [2.45, 2.75) is 20.0 Å². The van der Waals surface area contributed by atoms with E-state index in [1.54, 1.807) is 22.7 Å². The van der Waals surface area contributed by atoms with Crippen LogP contribution >= 0.6 is 0 Å². The molecule has 7 nitrogen and oxygen atoms in total. The normalized spacial score (nSPS) is 12.0. The van der Waals surface area contributed by atoms with Crippen LogP contribution < -0.4 is 16.8 Å². The van der Waals surface area contributed by atoms with E-state index in [4.69, 9.17) is 11.5 Å². The topological polar surface area (TPSA) is 111 Å². The Morgan fingerprint density at radius 1 is 1.17 bits per heavy atom. The molecule has 5 N–H and O–H groups in total. The molecular weight excluding hydrogens is 397 g/mol. The Balaban J connectivity index is 0.000000303. The first kappa shape index (κ1) is 22.5. The number of nitrogens with two attached hydrogens (primary N) is 2. The van der Waals surface area contributed by atoms with Gasteiger partial charge in [0.25, 0.3) is 0 Å². The monoisotopic (exact) mass is 418 g/mol. The molecule has 2 aromatic heterocycles. The molecule has 3 rings (SSSR count). The van der Waals surface area contributed by atoms with Crippen LogP contribution in [-0.4, -0.2) is 21.0 Å². The molecule has 0 saturated carbocycles. The minimum absolute atomic E-state index is 0.0673. The fourth-order valence-corrected chi connectivity index (χ4v) is 2.53. The predicted molar refractivity (Wildman–Crippen MR) is 108 cm³/mol. The Morgan fingerprint density at radius 2 is 1.87 bits per heavy atom. The molecule has 0 fully saturated rings. The minimum atomic E-state index is -4.41. The average molecular weight is 418 g/mol. The second-order valence-corrected chi connectivity index (χ2v) is 6.08. The van der Waals surface area contributed by atoms with Crippen LogP contribution in [0.3, 0.4) is 0 Å². The second kappa shape index (κ2) is 9.59. The van der Waals surface area contributed by atoms with Gasteiger partial charge in [-0.3, -0.25) is 4.79 Å². The van der Waals surface area contributed by atoms with Gasteiger partial charge in [-0.25, -0.2) is 9.50 Å². The summed E-state index contributed by atoms with van der Waals surface area (Å²) in [4.78, 5) is 14.0. The summed E-state index contributed by atoms with van der Waals surface area (Å²) in [5, 5.41) is 6.53. The maximum Gasteiger partial charge on any atom is 0.417 e. The number of fused-ring (bicyclic) bond motifs is 1. The van der Waals surface area contributed by atoms with Crippen LogP contribution in [0.15, 0.2) is 60.6 Å². The van der Waals surface area contributed by atoms with E-state index < -0.39 is 11.7 Å². The summed E-state index contributed by atoms with van der Waals surface area (Å²) in [7, 11) is 0. The van der Waals surface area contributed by atoms with Gasteiger partial charge in [0.2, 0.25) is 6.41 Å². The van der Waals surface area contributed by atoms with E-state index in [0.717, 1.165) is 17.5 Å². The van der Waals surface area contributed by atoms with Crippen molar-refractivity contribution in [2.75, 3.05) is 0 Å². The van der Waals surface area contributed by atoms with Crippen LogP contribution in [0.25, 0.3) is 16.9 Å². The van der Waals surface area contributed by atoms with Gasteiger partial charge in [0.15, 0.2) is 5.65 Å². The summed E-state index contributed by atoms with van der Waals surface area (Å²) in [6.07, 6.45) is 0.406. The van der Waals surface area contributed by atoms with Gasteiger partial charge in [0.1, 0.15) is 5.82 Å². The zero-order valence-corrected chi connectivity index (χ0v) is 16.3. The number of hydrogen-bond acceptors (Lipinski definition) is 5. The molecular formula is C20H21F3N6O. The molecule has 0 aliphatic rings. The Morgan fingerprint density at radius 3 is 2.50 bits per heavy atom. The van der Waals surface area contributed by atoms with Crippen molar-refractivity contribution in [3.63, 3.8) is 0 Å². The highest BCUT2D eigenvalue weighted by Gasteiger charge is 2.33. The first-order chi connectivity index (χ1) is 14.2. The predicted octanol–water partition coefficient (Wildman–Crippen LogP) is 3.04. The lowest BCUT2D eigenvalue weighted by molar-refractivity contribution is -0.137. The van der Waals surface area contributed by atoms with Crippen molar-refractivity contribution >= 4 is 12.1 Å². The first-order valence-electron chi connectivity index (χ1n) is 8.72. The maximum atomic E-state index is 13.1. The molecule has 158 valence electrons. The number of hydrogen-bond donors (Lipinski definition) is 3. The van der Waals surface area contributed by atoms with E-state index in [1.807, 2.05) is 13.8 Å². The molecule has 1 aromatic carbocycles. The Kier molecular flexibility index (Phi) is 7.18. The number of nitrogens with zero attached hydrogens (tertiary/aromatic N) is 3. The number of amides is 1. The molecule has 10 heteroatoms. The van der Waals surface area contributed by atoms with Crippen LogP contribution in [0.5, 0.6) is 0 Å². The molecule has 0 spiro atoms. The van der Waals surface area contributed by atoms with E-state index in [9.17, 15) is 18.0 Å². The molecule has 0 aliphatic carbocycles. The quantitative estimate of drug-likeness (QED) is 0.445. The number of carbonyl (C=O) groups is 1. The molecule has 3 aromatic rings. The lowest BCUT2D eigenvalue weighted by Gasteiger charge is -2.12. The molecule has 0 saturated heterocycles. The number of halogens is 3. The molecule has 2 heterocycles. The fraction of sp³-hybridized carbons (Fsp3) is 0.150. The minimum Gasteiger partial charge on any atom is -0.405 e. The number of allylic oxidation sites excluding steroid dienone is 2. The number of carbonyl (C=O) groups excluding carboxylic acids is 1. The third kappa shape index (κ3) is 5.37. The maximum absolute atomic E-state index is 13.1. The van der Waals surface area contributed by atoms with Crippen LogP contribution in [0.4, 0.5) is 13.2 Å². The number of aryl methyl sites for hydroxylation is 2. The van der Waals surface area contributed by atoms with Gasteiger partial charge in [0.05, 0.1) is 22.6 Å². The Labute approximate surface area is 170 Å². The molecule has 0 unspecified atom stereocenters. The highest BCUT2D eigenvalue weighted by molar-refractivity contribution is 5.65. The summed E-state index contributed by atoms with van der Waals surface area (Å²) >= 11 is 0. The highest BCUT2D eigenvalue weighted by atomic mass is 19.4. The molecule has 0 radical (unpaired) electrons. The Hall–Kier alpha value is -3.82. The number of alkyl halides is 3. The Bertz CT molecular complexity index is 1090. The van der Waals surface area contributed by atoms with Gasteiger partial charge in [-0.2, -0.15) is 18.3 Å². The standard InChI is InChI=1S/C15H12F3N3.C5H9N3O/c1-9-10(2)21-14(19-9)8-7-13(20-21)11-5-3-4-6-12(11)15(16,17)18;6-3-1-2-5(7)8-4-9/h3-8H,1-2H3;1-4H,6-7H2,(H,8,9)/b;3-1-,5-2+. The molecule has 0 bridgehead atoms. The number of nitrogens with one attached hydrogen (secondary N) is 1. The van der Waals surface area contributed by atoms with E-state index in [1.165, 1.54) is 30.5 Å². The van der Waals surface area contributed by atoms with E-state index >= 15 is 0 Å². The van der Waals surface area contributed by atoms with Gasteiger partial charge in [0, 0.05) is 5.56 Å². The zero-order chi connectivity index (χ0) is 22.3. The number of rotatable bonds is 4. The number of benzene rings is 1. The largest absolute Gasteiger partial charge is 0.417 e. The van der Waals surface area contributed by atoms with Crippen LogP contribution in [0.2, 0.25) is 0 Å². The molecule has 0 aliphatic heterocycles. The van der Waals surface area contributed by atoms with Gasteiger partial charge < -0.3 is 16.8 Å². The van der Waals surface area contributed by atoms with Crippen molar-refractivity contribution in [2.24, 2.45) is 11.5 Å². The van der Waals surface area contributed by atoms with Gasteiger partial charge >= 0.3 is 6.18 Å². The van der Waals surface area contributed by atoms with Crippen LogP contribution in [-0.2, 0) is 11.0 Å². The van der Waals surface area contributed by atoms with Crippen molar-refractivity contribution in [3.05, 3.63) is 77.5 Å². The SMILES string of the molecule is Cc1nc2ccc(-c3ccccc3C(F)(F)F)nn2c1C.N/C=C\C=C(/N)NC=O. The summed E-state index contributed by atoms with van der Waals surface area (Å²) in [6.45, 7) is 3.68. The second-order valence-electron chi connectivity index (χ2n) is 6.08. The van der Waals surface area contributed by atoms with Crippen LogP contribution in [0.1, 0.15) is 17.0 Å². The lowest BCUT2D eigenvalue weighted by Crippen LogP contribution is -2.17. The van der Waals surface area contributed by atoms with E-state index in [-0.39, 0.29) is 17.1 Å². The number of aromatic nitrogens is 3. The van der Waals surface area contributed by atoms with Gasteiger partial charge in [-0.05, 0) is 50.4 Å². The summed E-state index contributed by atoms with van der Waals surface area (Å²) in [5.74, 6) is 0.270. The van der Waals surface area contributed by atoms with Gasteiger partial charge in [-0.15, -0.1) is 0 Å². The van der Waals surface area contributed by atoms with Crippen molar-refractivity contribution in [1.29, 1.82) is 0 Å². The molecule has 1 amide bonds. The third-order valence-electron chi connectivity index (χ3n) is 4.06. The van der Waals surface area contributed by atoms with Crippen molar-refractivity contribution in [1.82, 2.24) is 19.9 Å². The van der Waals surface area contributed by atoms with Crippen LogP contribution in [0, 0.1) is 13.8 Å². The zero-order valence-electron chi connectivity index (χ0n) is 16.3. The average Bonchev–Trinajstić information content (AvgIpc) is 3.00. The van der Waals surface area contributed by atoms with Gasteiger partial charge in [-0.1, -0.05) is 18.2 Å². The summed E-state index contributed by atoms with van der Waals surface area (Å²) in [6, 6.07) is 8.67. The third-order valence-corrected chi connectivity index (χ3v) is 4.06. The van der Waals surface area contributed by atoms with Crippen molar-refractivity contribution < 1.29 is 18.0 Å². The summed E-state index contributed by atoms with van der Waals surface area (Å²) < 4.78 is 40.8. The fourth-order valence-electron chi connectivity index (χ4n) is 2.53. The number of imidazole rings is 1. The van der Waals surface area contributed by atoms with Crippen molar-refractivity contribution in [3.8, 4) is 11.3 Å². The summed E-state index contributed by atoms with van der Waals surface area (Å²) in [5.41, 5.74) is 12.1. The molecule has 30 heavy (non-hydrogen) atoms. The first-order valence-corrected chi connectivity index (χ1v) is 8.72. The highest BCUT2D eigenvalue weighted by Crippen LogP contribution is 2.36. The smallest absolute Gasteiger partial charge is 0.405 e. The lowest BCUT2D eigenvalue weighted by atomic mass is 10.0. The van der Waals surface area contributed by atoms with E-state index in [0.29, 0.717) is 12.1 Å². The van der Waals surface area contributed by atoms with E-state index in [2.05, 4.69) is 15.4 Å².